The van der Waals surface area contributed by atoms with Gasteiger partial charge >= 0.3 is 5.97 Å². The number of rotatable bonds is 5. The molecule has 0 bridgehead atoms. The molecule has 0 fully saturated rings. The van der Waals surface area contributed by atoms with E-state index in [1.165, 1.54) is 50.6 Å². The maximum absolute atomic E-state index is 12.7. The highest BCUT2D eigenvalue weighted by Gasteiger charge is 2.25. The molecule has 0 aliphatic rings. The van der Waals surface area contributed by atoms with Gasteiger partial charge in [-0.2, -0.15) is 8.42 Å². The number of esters is 1. The highest BCUT2D eigenvalue weighted by atomic mass is 32.2. The van der Waals surface area contributed by atoms with Gasteiger partial charge in [-0.3, -0.25) is 4.84 Å². The molecule has 0 N–H and O–H groups in total. The van der Waals surface area contributed by atoms with E-state index >= 15 is 0 Å². The molecule has 0 heterocycles. The summed E-state index contributed by atoms with van der Waals surface area (Å²) in [6.45, 7) is 1.87. The molecule has 0 radical (unpaired) electrons. The fourth-order valence-electron chi connectivity index (χ4n) is 1.99. The SMILES string of the molecule is COC(=O)c1ccc(N(OC)S(=O)(=O)c2ccc(C)cc2)cc1. The van der Waals surface area contributed by atoms with E-state index in [1.807, 2.05) is 6.92 Å². The van der Waals surface area contributed by atoms with Crippen LogP contribution in [0.2, 0.25) is 0 Å². The van der Waals surface area contributed by atoms with Crippen LogP contribution in [-0.4, -0.2) is 28.6 Å². The number of sulfonamides is 1. The monoisotopic (exact) mass is 335 g/mol. The highest BCUT2D eigenvalue weighted by molar-refractivity contribution is 7.92. The van der Waals surface area contributed by atoms with Gasteiger partial charge in [0.1, 0.15) is 0 Å². The third-order valence-electron chi connectivity index (χ3n) is 3.20. The predicted molar refractivity (Wildman–Crippen MR) is 85.6 cm³/mol. The summed E-state index contributed by atoms with van der Waals surface area (Å²) in [5.41, 5.74) is 1.55. The van der Waals surface area contributed by atoms with Gasteiger partial charge in [-0.05, 0) is 43.3 Å². The lowest BCUT2D eigenvalue weighted by Crippen LogP contribution is -2.30. The van der Waals surface area contributed by atoms with Crippen LogP contribution in [0.15, 0.2) is 53.4 Å². The van der Waals surface area contributed by atoms with Crippen molar-refractivity contribution in [1.82, 2.24) is 0 Å². The molecule has 0 spiro atoms. The van der Waals surface area contributed by atoms with Crippen molar-refractivity contribution in [3.63, 3.8) is 0 Å². The minimum absolute atomic E-state index is 0.113. The molecule has 2 rings (SSSR count). The van der Waals surface area contributed by atoms with Crippen molar-refractivity contribution in [2.24, 2.45) is 0 Å². The molecule has 0 atom stereocenters. The average Bonchev–Trinajstić information content (AvgIpc) is 2.55. The summed E-state index contributed by atoms with van der Waals surface area (Å²) >= 11 is 0. The number of hydrogen-bond donors (Lipinski definition) is 0. The van der Waals surface area contributed by atoms with Crippen molar-refractivity contribution < 1.29 is 22.8 Å². The third-order valence-corrected chi connectivity index (χ3v) is 4.87. The van der Waals surface area contributed by atoms with E-state index in [4.69, 9.17) is 4.84 Å². The Kier molecular flexibility index (Phi) is 5.02. The van der Waals surface area contributed by atoms with Crippen LogP contribution in [0.1, 0.15) is 15.9 Å². The summed E-state index contributed by atoms with van der Waals surface area (Å²) in [5, 5.41) is 0. The number of carbonyl (C=O) groups excluding carboxylic acids is 1. The minimum Gasteiger partial charge on any atom is -0.465 e. The van der Waals surface area contributed by atoms with Crippen LogP contribution >= 0.6 is 0 Å². The molecule has 6 nitrogen and oxygen atoms in total. The summed E-state index contributed by atoms with van der Waals surface area (Å²) in [5.74, 6) is -0.498. The number of methoxy groups -OCH3 is 1. The molecule has 0 saturated carbocycles. The minimum atomic E-state index is -3.86. The quantitative estimate of drug-likeness (QED) is 0.620. The van der Waals surface area contributed by atoms with Crippen molar-refractivity contribution >= 4 is 21.7 Å². The second-order valence-corrected chi connectivity index (χ2v) is 6.52. The second kappa shape index (κ2) is 6.80. The van der Waals surface area contributed by atoms with Crippen LogP contribution in [0.5, 0.6) is 0 Å². The van der Waals surface area contributed by atoms with Gasteiger partial charge in [-0.15, -0.1) is 4.47 Å². The van der Waals surface area contributed by atoms with Crippen LogP contribution in [0, 0.1) is 6.92 Å². The number of ether oxygens (including phenoxy) is 1. The highest BCUT2D eigenvalue weighted by Crippen LogP contribution is 2.24. The number of nitrogens with zero attached hydrogens (tertiary/aromatic N) is 1. The summed E-state index contributed by atoms with van der Waals surface area (Å²) in [7, 11) is -1.32. The Labute approximate surface area is 135 Å². The molecule has 2 aromatic carbocycles. The summed E-state index contributed by atoms with van der Waals surface area (Å²) < 4.78 is 30.7. The van der Waals surface area contributed by atoms with E-state index in [2.05, 4.69) is 4.74 Å². The van der Waals surface area contributed by atoms with Gasteiger partial charge in [0.25, 0.3) is 10.0 Å². The Morgan fingerprint density at radius 2 is 1.52 bits per heavy atom. The molecule has 0 saturated heterocycles. The molecule has 7 heteroatoms. The Morgan fingerprint density at radius 3 is 2.00 bits per heavy atom. The van der Waals surface area contributed by atoms with E-state index in [0.29, 0.717) is 5.56 Å². The molecule has 0 aliphatic heterocycles. The zero-order chi connectivity index (χ0) is 17.0. The lowest BCUT2D eigenvalue weighted by molar-refractivity contribution is 0.0600. The first-order valence-electron chi connectivity index (χ1n) is 6.74. The maximum Gasteiger partial charge on any atom is 0.337 e. The van der Waals surface area contributed by atoms with Gasteiger partial charge in [0.05, 0.1) is 30.4 Å². The molecule has 0 unspecified atom stereocenters. The Hall–Kier alpha value is -2.38. The first-order valence-corrected chi connectivity index (χ1v) is 8.18. The summed E-state index contributed by atoms with van der Waals surface area (Å²) in [4.78, 5) is 16.6. The van der Waals surface area contributed by atoms with Crippen molar-refractivity contribution in [2.75, 3.05) is 18.7 Å². The van der Waals surface area contributed by atoms with Gasteiger partial charge in [-0.1, -0.05) is 17.7 Å². The number of hydrogen-bond acceptors (Lipinski definition) is 5. The topological polar surface area (TPSA) is 72.9 Å². The lowest BCUT2D eigenvalue weighted by Gasteiger charge is -2.21. The van der Waals surface area contributed by atoms with Crippen LogP contribution in [0.3, 0.4) is 0 Å². The average molecular weight is 335 g/mol. The zero-order valence-corrected chi connectivity index (χ0v) is 13.8. The summed E-state index contributed by atoms with van der Waals surface area (Å²) in [6.07, 6.45) is 0. The first kappa shape index (κ1) is 17.0. The van der Waals surface area contributed by atoms with Crippen molar-refractivity contribution in [3.8, 4) is 0 Å². The molecule has 0 amide bonds. The second-order valence-electron chi connectivity index (χ2n) is 4.77. The van der Waals surface area contributed by atoms with Gasteiger partial charge in [0.15, 0.2) is 0 Å². The van der Waals surface area contributed by atoms with E-state index in [1.54, 1.807) is 12.1 Å². The van der Waals surface area contributed by atoms with Crippen LogP contribution in [-0.2, 0) is 19.6 Å². The Bertz CT molecular complexity index is 782. The van der Waals surface area contributed by atoms with Gasteiger partial charge in [-0.25, -0.2) is 4.79 Å². The molecule has 122 valence electrons. The third kappa shape index (κ3) is 3.52. The standard InChI is InChI=1S/C16H17NO5S/c1-12-4-10-15(11-5-12)23(19,20)17(22-3)14-8-6-13(7-9-14)16(18)21-2/h4-11H,1-3H3. The number of anilines is 1. The molecule has 23 heavy (non-hydrogen) atoms. The van der Waals surface area contributed by atoms with E-state index < -0.39 is 16.0 Å². The van der Waals surface area contributed by atoms with Gasteiger partial charge in [0.2, 0.25) is 0 Å². The van der Waals surface area contributed by atoms with Crippen LogP contribution < -0.4 is 4.47 Å². The fraction of sp³-hybridized carbons (Fsp3) is 0.188. The molecule has 0 aliphatic carbocycles. The van der Waals surface area contributed by atoms with Gasteiger partial charge in [0, 0.05) is 0 Å². The first-order chi connectivity index (χ1) is 10.9. The molecular formula is C16H17NO5S. The fourth-order valence-corrected chi connectivity index (χ4v) is 3.25. The predicted octanol–water partition coefficient (Wildman–Crippen LogP) is 2.54. The number of aryl methyl sites for hydroxylation is 1. The lowest BCUT2D eigenvalue weighted by atomic mass is 10.2. The molecule has 0 aromatic heterocycles. The molecule has 2 aromatic rings. The van der Waals surface area contributed by atoms with Gasteiger partial charge < -0.3 is 4.74 Å². The summed E-state index contributed by atoms with van der Waals surface area (Å²) in [6, 6.07) is 12.3. The van der Waals surface area contributed by atoms with Crippen LogP contribution in [0.4, 0.5) is 5.69 Å². The smallest absolute Gasteiger partial charge is 0.337 e. The number of benzene rings is 2. The molecular weight excluding hydrogens is 318 g/mol. The van der Waals surface area contributed by atoms with Crippen molar-refractivity contribution in [3.05, 3.63) is 59.7 Å². The Morgan fingerprint density at radius 1 is 0.957 bits per heavy atom. The maximum atomic E-state index is 12.7. The van der Waals surface area contributed by atoms with Crippen LogP contribution in [0.25, 0.3) is 0 Å². The van der Waals surface area contributed by atoms with Crippen molar-refractivity contribution in [2.45, 2.75) is 11.8 Å². The van der Waals surface area contributed by atoms with Crippen molar-refractivity contribution in [1.29, 1.82) is 0 Å². The zero-order valence-electron chi connectivity index (χ0n) is 13.0. The van der Waals surface area contributed by atoms with E-state index in [-0.39, 0.29) is 10.6 Å². The van der Waals surface area contributed by atoms with E-state index in [0.717, 1.165) is 10.0 Å². The largest absolute Gasteiger partial charge is 0.465 e. The normalized spacial score (nSPS) is 11.1. The van der Waals surface area contributed by atoms with E-state index in [9.17, 15) is 13.2 Å². The Balaban J connectivity index is 2.38. The number of carbonyl (C=O) groups is 1.